The third-order valence-corrected chi connectivity index (χ3v) is 4.96. The molecule has 9 heteroatoms. The Morgan fingerprint density at radius 2 is 1.96 bits per heavy atom. The molecule has 0 bridgehead atoms. The quantitative estimate of drug-likeness (QED) is 0.410. The van der Waals surface area contributed by atoms with Gasteiger partial charge < -0.3 is 4.40 Å². The second-order valence-corrected chi connectivity index (χ2v) is 6.59. The largest absolute Gasteiger partial charge is 0.304 e. The number of carbonyl (C=O) groups excluding carboxylic acids is 2. The van der Waals surface area contributed by atoms with Gasteiger partial charge in [0.15, 0.2) is 11.6 Å². The summed E-state index contributed by atoms with van der Waals surface area (Å²) in [5.74, 6) is -3.85. The Balaban J connectivity index is 1.65. The molecule has 2 N–H and O–H groups in total. The molecule has 4 rings (SSSR count). The molecule has 1 atom stereocenters. The number of halogens is 3. The van der Waals surface area contributed by atoms with Crippen LogP contribution in [0.5, 0.6) is 0 Å². The number of fused-ring (bicyclic) bond motifs is 3. The lowest BCUT2D eigenvalue weighted by atomic mass is 9.84. The molecule has 0 aliphatic heterocycles. The van der Waals surface area contributed by atoms with Gasteiger partial charge in [-0.2, -0.15) is 0 Å². The average Bonchev–Trinajstić information content (AvgIpc) is 3.05. The second-order valence-electron chi connectivity index (χ2n) is 6.59. The molecule has 2 heterocycles. The van der Waals surface area contributed by atoms with Crippen molar-refractivity contribution in [2.45, 2.75) is 25.2 Å². The molecule has 0 spiro atoms. The fraction of sp³-hybridized carbons (Fsp3) is 0.211. The van der Waals surface area contributed by atoms with Crippen molar-refractivity contribution in [3.05, 3.63) is 70.4 Å². The Morgan fingerprint density at radius 1 is 1.18 bits per heavy atom. The topological polar surface area (TPSA) is 75.5 Å². The van der Waals surface area contributed by atoms with E-state index in [0.29, 0.717) is 42.9 Å². The molecule has 2 amide bonds. The predicted octanol–water partition coefficient (Wildman–Crippen LogP) is 2.41. The molecular weight excluding hydrogens is 373 g/mol. The molecule has 2 aromatic heterocycles. The number of rotatable bonds is 4. The van der Waals surface area contributed by atoms with Gasteiger partial charge in [0.1, 0.15) is 11.5 Å². The number of pyridine rings is 1. The highest BCUT2D eigenvalue weighted by Gasteiger charge is 2.27. The smallest absolute Gasteiger partial charge is 0.269 e. The zero-order valence-electron chi connectivity index (χ0n) is 14.5. The van der Waals surface area contributed by atoms with Crippen molar-refractivity contribution in [1.82, 2.24) is 20.2 Å². The summed E-state index contributed by atoms with van der Waals surface area (Å²) in [6.45, 7) is 0. The molecule has 0 fully saturated rings. The van der Waals surface area contributed by atoms with E-state index in [1.54, 1.807) is 18.3 Å². The second kappa shape index (κ2) is 6.99. The Kier molecular flexibility index (Phi) is 4.50. The van der Waals surface area contributed by atoms with Gasteiger partial charge in [0.25, 0.3) is 5.91 Å². The standard InChI is InChI=1S/C19H15F3N4O2/c20-13-8-15(22)14(21)7-12(13)10-1-2-17-16(5-10)24-18-6-11(3-4-26(17)18)19(28)25-23-9-27/h3-4,6-10H,1-2,5H2,(H,23,27)(H,25,28). The van der Waals surface area contributed by atoms with Crippen LogP contribution in [0, 0.1) is 17.5 Å². The third-order valence-electron chi connectivity index (χ3n) is 4.96. The molecule has 28 heavy (non-hydrogen) atoms. The zero-order chi connectivity index (χ0) is 19.8. The lowest BCUT2D eigenvalue weighted by molar-refractivity contribution is -0.110. The number of nitrogens with one attached hydrogen (secondary N) is 2. The molecule has 6 nitrogen and oxygen atoms in total. The van der Waals surface area contributed by atoms with Gasteiger partial charge in [-0.25, -0.2) is 18.2 Å². The molecule has 0 saturated carbocycles. The van der Waals surface area contributed by atoms with E-state index < -0.39 is 23.4 Å². The van der Waals surface area contributed by atoms with Crippen molar-refractivity contribution in [1.29, 1.82) is 0 Å². The highest BCUT2D eigenvalue weighted by Crippen LogP contribution is 2.35. The summed E-state index contributed by atoms with van der Waals surface area (Å²) >= 11 is 0. The van der Waals surface area contributed by atoms with E-state index in [9.17, 15) is 22.8 Å². The monoisotopic (exact) mass is 388 g/mol. The van der Waals surface area contributed by atoms with Gasteiger partial charge in [-0.05, 0) is 48.9 Å². The number of amides is 2. The van der Waals surface area contributed by atoms with Gasteiger partial charge in [0.05, 0.1) is 5.69 Å². The normalized spacial score (nSPS) is 15.9. The van der Waals surface area contributed by atoms with Crippen molar-refractivity contribution >= 4 is 18.0 Å². The predicted molar refractivity (Wildman–Crippen MR) is 92.9 cm³/mol. The lowest BCUT2D eigenvalue weighted by Crippen LogP contribution is -2.36. The first kappa shape index (κ1) is 18.0. The maximum absolute atomic E-state index is 14.1. The Hall–Kier alpha value is -3.36. The number of imidazole rings is 1. The Labute approximate surface area is 157 Å². The van der Waals surface area contributed by atoms with Crippen molar-refractivity contribution in [3.63, 3.8) is 0 Å². The molecule has 3 aromatic rings. The van der Waals surface area contributed by atoms with Crippen LogP contribution in [-0.2, 0) is 17.6 Å². The highest BCUT2D eigenvalue weighted by molar-refractivity contribution is 5.95. The zero-order valence-corrected chi connectivity index (χ0v) is 14.5. The molecule has 1 unspecified atom stereocenters. The number of hydrogen-bond donors (Lipinski definition) is 2. The van der Waals surface area contributed by atoms with E-state index in [-0.39, 0.29) is 11.5 Å². The summed E-state index contributed by atoms with van der Waals surface area (Å²) in [6.07, 6.45) is 3.58. The minimum atomic E-state index is -1.21. The number of aromatic nitrogens is 2. The SMILES string of the molecule is O=CNNC(=O)c1ccn2c3c(nc2c1)CC(c1cc(F)c(F)cc1F)CC3. The summed E-state index contributed by atoms with van der Waals surface area (Å²) in [5, 5.41) is 0. The van der Waals surface area contributed by atoms with Crippen LogP contribution in [0.1, 0.15) is 39.6 Å². The first-order chi connectivity index (χ1) is 13.5. The molecule has 144 valence electrons. The highest BCUT2D eigenvalue weighted by atomic mass is 19.2. The Morgan fingerprint density at radius 3 is 2.75 bits per heavy atom. The third kappa shape index (κ3) is 3.08. The van der Waals surface area contributed by atoms with Gasteiger partial charge in [-0.15, -0.1) is 0 Å². The first-order valence-corrected chi connectivity index (χ1v) is 8.61. The fourth-order valence-electron chi connectivity index (χ4n) is 3.64. The number of aryl methyl sites for hydroxylation is 1. The van der Waals surface area contributed by atoms with Crippen LogP contribution in [0.4, 0.5) is 13.2 Å². The van der Waals surface area contributed by atoms with Crippen LogP contribution in [0.25, 0.3) is 5.65 Å². The van der Waals surface area contributed by atoms with E-state index in [2.05, 4.69) is 15.8 Å². The van der Waals surface area contributed by atoms with Crippen LogP contribution in [-0.4, -0.2) is 21.7 Å². The lowest BCUT2D eigenvalue weighted by Gasteiger charge is -2.22. The van der Waals surface area contributed by atoms with Crippen molar-refractivity contribution in [2.24, 2.45) is 0 Å². The van der Waals surface area contributed by atoms with Gasteiger partial charge in [0.2, 0.25) is 6.41 Å². The minimum absolute atomic E-state index is 0.140. The van der Waals surface area contributed by atoms with Gasteiger partial charge >= 0.3 is 0 Å². The summed E-state index contributed by atoms with van der Waals surface area (Å²) in [6, 6.07) is 4.66. The Bertz CT molecular complexity index is 1100. The van der Waals surface area contributed by atoms with Crippen LogP contribution in [0.2, 0.25) is 0 Å². The van der Waals surface area contributed by atoms with Crippen LogP contribution < -0.4 is 10.9 Å². The van der Waals surface area contributed by atoms with E-state index in [1.807, 2.05) is 4.40 Å². The molecular formula is C19H15F3N4O2. The van der Waals surface area contributed by atoms with E-state index in [4.69, 9.17) is 0 Å². The number of hydrogen-bond acceptors (Lipinski definition) is 3. The van der Waals surface area contributed by atoms with E-state index >= 15 is 0 Å². The fourth-order valence-corrected chi connectivity index (χ4v) is 3.64. The van der Waals surface area contributed by atoms with Gasteiger partial charge in [-0.3, -0.25) is 20.4 Å². The summed E-state index contributed by atoms with van der Waals surface area (Å²) in [5.41, 5.74) is 6.95. The van der Waals surface area contributed by atoms with Crippen molar-refractivity contribution in [2.75, 3.05) is 0 Å². The van der Waals surface area contributed by atoms with Crippen LogP contribution in [0.3, 0.4) is 0 Å². The van der Waals surface area contributed by atoms with Gasteiger partial charge in [-0.1, -0.05) is 0 Å². The first-order valence-electron chi connectivity index (χ1n) is 8.61. The van der Waals surface area contributed by atoms with Crippen molar-refractivity contribution in [3.8, 4) is 0 Å². The van der Waals surface area contributed by atoms with E-state index in [1.165, 1.54) is 0 Å². The minimum Gasteiger partial charge on any atom is -0.304 e. The number of hydrazine groups is 1. The maximum Gasteiger partial charge on any atom is 0.269 e. The number of benzene rings is 1. The number of carbonyl (C=O) groups is 2. The number of nitrogens with zero attached hydrogens (tertiary/aromatic N) is 2. The summed E-state index contributed by atoms with van der Waals surface area (Å²) < 4.78 is 42.7. The van der Waals surface area contributed by atoms with E-state index in [0.717, 1.165) is 17.5 Å². The van der Waals surface area contributed by atoms with Crippen LogP contribution >= 0.6 is 0 Å². The summed E-state index contributed by atoms with van der Waals surface area (Å²) in [7, 11) is 0. The molecule has 0 radical (unpaired) electrons. The maximum atomic E-state index is 14.1. The van der Waals surface area contributed by atoms with Gasteiger partial charge in [0, 0.05) is 23.5 Å². The molecule has 1 aromatic carbocycles. The molecule has 0 saturated heterocycles. The molecule has 1 aliphatic rings. The van der Waals surface area contributed by atoms with Crippen molar-refractivity contribution < 1.29 is 22.8 Å². The average molecular weight is 388 g/mol. The summed E-state index contributed by atoms with van der Waals surface area (Å²) in [4.78, 5) is 26.8. The molecule has 1 aliphatic carbocycles. The van der Waals surface area contributed by atoms with Crippen LogP contribution in [0.15, 0.2) is 30.5 Å².